The maximum atomic E-state index is 12.0. The van der Waals surface area contributed by atoms with Crippen LogP contribution in [0.15, 0.2) is 34.6 Å². The Morgan fingerprint density at radius 2 is 1.92 bits per heavy atom. The van der Waals surface area contributed by atoms with E-state index in [4.69, 9.17) is 21.4 Å². The third-order valence-electron chi connectivity index (χ3n) is 6.86. The van der Waals surface area contributed by atoms with Crippen molar-refractivity contribution in [1.82, 2.24) is 20.3 Å². The van der Waals surface area contributed by atoms with E-state index in [-0.39, 0.29) is 23.5 Å². The van der Waals surface area contributed by atoms with Crippen molar-refractivity contribution in [2.75, 3.05) is 29.9 Å². The highest BCUT2D eigenvalue weighted by Gasteiger charge is 2.35. The van der Waals surface area contributed by atoms with Gasteiger partial charge in [-0.1, -0.05) is 30.3 Å². The first-order valence-electron chi connectivity index (χ1n) is 12.8. The highest BCUT2D eigenvalue weighted by molar-refractivity contribution is 7.99. The van der Waals surface area contributed by atoms with E-state index in [2.05, 4.69) is 37.4 Å². The topological polar surface area (TPSA) is 130 Å². The number of piperidine rings is 1. The number of hydrogen-bond acceptors (Lipinski definition) is 9. The molecule has 0 spiro atoms. The van der Waals surface area contributed by atoms with Crippen LogP contribution in [0.5, 0.6) is 0 Å². The Hall–Kier alpha value is -2.79. The van der Waals surface area contributed by atoms with E-state index in [0.29, 0.717) is 35.3 Å². The molecule has 4 rings (SSSR count). The number of nitrogens with zero attached hydrogens (tertiary/aromatic N) is 4. The number of carbonyl (C=O) groups is 2. The fourth-order valence-electron chi connectivity index (χ4n) is 4.43. The molecule has 0 bridgehead atoms. The number of rotatable bonds is 8. The fraction of sp³-hybridized carbons (Fsp3) is 0.577. The highest BCUT2D eigenvalue weighted by Crippen LogP contribution is 2.38. The normalized spacial score (nSPS) is 20.8. The Balaban J connectivity index is 1.28. The number of anilines is 2. The number of ether oxygens (including phenoxy) is 1. The summed E-state index contributed by atoms with van der Waals surface area (Å²) in [5.74, 6) is 0.299. The summed E-state index contributed by atoms with van der Waals surface area (Å²) in [6, 6.07) is 1.88. The molecule has 1 aliphatic heterocycles. The van der Waals surface area contributed by atoms with Crippen LogP contribution in [0.1, 0.15) is 53.4 Å². The molecule has 3 heterocycles. The van der Waals surface area contributed by atoms with E-state index in [1.165, 1.54) is 11.8 Å². The second-order valence-corrected chi connectivity index (χ2v) is 12.7. The van der Waals surface area contributed by atoms with Crippen molar-refractivity contribution in [2.45, 2.75) is 74.9 Å². The van der Waals surface area contributed by atoms with Gasteiger partial charge in [0, 0.05) is 36.8 Å². The number of carbonyl (C=O) groups excluding carboxylic acids is 1. The Morgan fingerprint density at radius 1 is 1.21 bits per heavy atom. The van der Waals surface area contributed by atoms with Gasteiger partial charge in [-0.05, 0) is 57.9 Å². The van der Waals surface area contributed by atoms with Crippen LogP contribution in [0.4, 0.5) is 16.4 Å². The molecule has 2 aliphatic rings. The standard InChI is InChI=1S/C26H35ClN6O4S/c1-25(2,3)37-24(36)31-15-26(4)6-9-33(10-7-26)19-13-30-20(14-29-19)38-18-5-8-28-22(21(18)27)32-17-11-16(12-17)23(34)35/h5,8,13-14,16-17H,6-7,9-12,15H2,1-4H3,(H,28,32)(H,31,36)(H,34,35). The van der Waals surface area contributed by atoms with Gasteiger partial charge in [-0.2, -0.15) is 0 Å². The van der Waals surface area contributed by atoms with Gasteiger partial charge in [0.1, 0.15) is 22.3 Å². The van der Waals surface area contributed by atoms with E-state index in [0.717, 1.165) is 36.6 Å². The van der Waals surface area contributed by atoms with Crippen LogP contribution in [0.2, 0.25) is 5.02 Å². The number of alkyl carbamates (subject to hydrolysis) is 1. The van der Waals surface area contributed by atoms with E-state index in [9.17, 15) is 9.59 Å². The van der Waals surface area contributed by atoms with E-state index < -0.39 is 11.6 Å². The number of hydrogen-bond donors (Lipinski definition) is 3. The predicted molar refractivity (Wildman–Crippen MR) is 147 cm³/mol. The monoisotopic (exact) mass is 562 g/mol. The molecule has 0 aromatic carbocycles. The van der Waals surface area contributed by atoms with Crippen molar-refractivity contribution < 1.29 is 19.4 Å². The number of carboxylic acid groups (broad SMARTS) is 1. The highest BCUT2D eigenvalue weighted by atomic mass is 35.5. The van der Waals surface area contributed by atoms with Crippen molar-refractivity contribution in [1.29, 1.82) is 0 Å². The Labute approximate surface area is 232 Å². The molecule has 38 heavy (non-hydrogen) atoms. The van der Waals surface area contributed by atoms with Crippen molar-refractivity contribution in [3.63, 3.8) is 0 Å². The van der Waals surface area contributed by atoms with Crippen molar-refractivity contribution >= 4 is 47.1 Å². The molecular weight excluding hydrogens is 528 g/mol. The third kappa shape index (κ3) is 7.41. The van der Waals surface area contributed by atoms with E-state index >= 15 is 0 Å². The summed E-state index contributed by atoms with van der Waals surface area (Å²) < 4.78 is 5.35. The molecule has 0 atom stereocenters. The van der Waals surface area contributed by atoms with Gasteiger partial charge in [-0.3, -0.25) is 4.79 Å². The lowest BCUT2D eigenvalue weighted by atomic mass is 9.80. The molecule has 10 nitrogen and oxygen atoms in total. The average Bonchev–Trinajstić information content (AvgIpc) is 2.82. The zero-order chi connectivity index (χ0) is 27.5. The lowest BCUT2D eigenvalue weighted by molar-refractivity contribution is -0.144. The molecule has 0 unspecified atom stereocenters. The maximum Gasteiger partial charge on any atom is 0.407 e. The maximum absolute atomic E-state index is 12.0. The smallest absolute Gasteiger partial charge is 0.407 e. The summed E-state index contributed by atoms with van der Waals surface area (Å²) >= 11 is 7.99. The first kappa shape index (κ1) is 28.2. The molecular formula is C26H35ClN6O4S. The molecule has 2 fully saturated rings. The second kappa shape index (κ2) is 11.5. The number of halogens is 1. The minimum atomic E-state index is -0.762. The summed E-state index contributed by atoms with van der Waals surface area (Å²) in [6.07, 6.45) is 7.76. The summed E-state index contributed by atoms with van der Waals surface area (Å²) in [6.45, 7) is 9.96. The predicted octanol–water partition coefficient (Wildman–Crippen LogP) is 5.08. The molecule has 1 saturated carbocycles. The number of pyridine rings is 1. The van der Waals surface area contributed by atoms with Gasteiger partial charge in [-0.25, -0.2) is 19.7 Å². The van der Waals surface area contributed by atoms with Gasteiger partial charge in [0.25, 0.3) is 0 Å². The number of carboxylic acids is 1. The van der Waals surface area contributed by atoms with Gasteiger partial charge in [-0.15, -0.1) is 0 Å². The first-order chi connectivity index (χ1) is 17.9. The summed E-state index contributed by atoms with van der Waals surface area (Å²) in [4.78, 5) is 39.6. The van der Waals surface area contributed by atoms with Gasteiger partial charge in [0.05, 0.1) is 23.3 Å². The molecule has 1 saturated heterocycles. The minimum absolute atomic E-state index is 0.00548. The summed E-state index contributed by atoms with van der Waals surface area (Å²) in [7, 11) is 0. The molecule has 1 amide bonds. The van der Waals surface area contributed by atoms with Crippen LogP contribution in [0.25, 0.3) is 0 Å². The second-order valence-electron chi connectivity index (χ2n) is 11.3. The fourth-order valence-corrected chi connectivity index (χ4v) is 5.46. The van der Waals surface area contributed by atoms with Crippen LogP contribution in [-0.4, -0.2) is 63.4 Å². The van der Waals surface area contributed by atoms with Crippen molar-refractivity contribution in [3.05, 3.63) is 29.7 Å². The molecule has 2 aromatic heterocycles. The molecule has 2 aromatic rings. The SMILES string of the molecule is CC1(CNC(=O)OC(C)(C)C)CCN(c2cnc(Sc3ccnc(NC4CC(C(=O)O)C4)c3Cl)cn2)CC1. The van der Waals surface area contributed by atoms with Gasteiger partial charge < -0.3 is 25.4 Å². The van der Waals surface area contributed by atoms with Crippen molar-refractivity contribution in [3.8, 4) is 0 Å². The van der Waals surface area contributed by atoms with Crippen LogP contribution < -0.4 is 15.5 Å². The van der Waals surface area contributed by atoms with Crippen LogP contribution >= 0.6 is 23.4 Å². The van der Waals surface area contributed by atoms with Crippen LogP contribution in [0, 0.1) is 11.3 Å². The number of nitrogens with one attached hydrogen (secondary N) is 2. The quantitative estimate of drug-likeness (QED) is 0.400. The van der Waals surface area contributed by atoms with E-state index in [1.807, 2.05) is 26.8 Å². The number of aromatic nitrogens is 3. The Morgan fingerprint density at radius 3 is 2.53 bits per heavy atom. The molecule has 206 valence electrons. The van der Waals surface area contributed by atoms with Crippen molar-refractivity contribution in [2.24, 2.45) is 11.3 Å². The zero-order valence-corrected chi connectivity index (χ0v) is 23.7. The number of aliphatic carboxylic acids is 1. The molecule has 0 radical (unpaired) electrons. The van der Waals surface area contributed by atoms with E-state index in [1.54, 1.807) is 18.6 Å². The zero-order valence-electron chi connectivity index (χ0n) is 22.2. The average molecular weight is 563 g/mol. The van der Waals surface area contributed by atoms with Gasteiger partial charge in [0.2, 0.25) is 0 Å². The van der Waals surface area contributed by atoms with Crippen LogP contribution in [-0.2, 0) is 9.53 Å². The Kier molecular flexibility index (Phi) is 8.56. The Bertz CT molecular complexity index is 1150. The minimum Gasteiger partial charge on any atom is -0.481 e. The van der Waals surface area contributed by atoms with Gasteiger partial charge >= 0.3 is 12.1 Å². The van der Waals surface area contributed by atoms with Crippen LogP contribution in [0.3, 0.4) is 0 Å². The third-order valence-corrected chi connectivity index (χ3v) is 8.34. The molecule has 3 N–H and O–H groups in total. The lowest BCUT2D eigenvalue weighted by Crippen LogP contribution is -2.45. The largest absolute Gasteiger partial charge is 0.481 e. The molecule has 1 aliphatic carbocycles. The summed E-state index contributed by atoms with van der Waals surface area (Å²) in [5, 5.41) is 16.4. The lowest BCUT2D eigenvalue weighted by Gasteiger charge is -2.40. The first-order valence-corrected chi connectivity index (χ1v) is 14.0. The molecule has 12 heteroatoms. The summed E-state index contributed by atoms with van der Waals surface area (Å²) in [5.41, 5.74) is -0.516. The number of amides is 1. The van der Waals surface area contributed by atoms with Gasteiger partial charge in [0.15, 0.2) is 0 Å².